The molecule has 4 nitrogen and oxygen atoms in total. The van der Waals surface area contributed by atoms with Crippen molar-refractivity contribution in [3.63, 3.8) is 0 Å². The third-order valence-corrected chi connectivity index (χ3v) is 2.86. The molecule has 98 valence electrons. The highest BCUT2D eigenvalue weighted by Crippen LogP contribution is 2.09. The standard InChI is InChI=1S/C15H15NO3/c17-13-7-6-12(8-14(13)18)15(19)10-16-9-11-4-2-1-3-5-11/h1-8,15-16,19H,9-10H2/t15-/m0/s1. The summed E-state index contributed by atoms with van der Waals surface area (Å²) in [5.41, 5.74) is 1.58. The van der Waals surface area contributed by atoms with E-state index in [1.54, 1.807) is 0 Å². The summed E-state index contributed by atoms with van der Waals surface area (Å²) < 4.78 is 0. The third-order valence-electron chi connectivity index (χ3n) is 2.86. The van der Waals surface area contributed by atoms with Crippen LogP contribution in [0.2, 0.25) is 0 Å². The molecule has 1 aromatic carbocycles. The van der Waals surface area contributed by atoms with E-state index in [1.165, 1.54) is 18.2 Å². The molecule has 2 rings (SSSR count). The van der Waals surface area contributed by atoms with Crippen molar-refractivity contribution in [1.29, 1.82) is 0 Å². The highest BCUT2D eigenvalue weighted by Gasteiger charge is 2.17. The fourth-order valence-electron chi connectivity index (χ4n) is 1.80. The Hall–Kier alpha value is -2.04. The lowest BCUT2D eigenvalue weighted by atomic mass is 10.0. The van der Waals surface area contributed by atoms with Crippen molar-refractivity contribution in [1.82, 2.24) is 5.32 Å². The van der Waals surface area contributed by atoms with Gasteiger partial charge in [-0.2, -0.15) is 0 Å². The number of aliphatic hydroxyl groups excluding tert-OH is 1. The summed E-state index contributed by atoms with van der Waals surface area (Å²) in [6.45, 7) is 0.967. The van der Waals surface area contributed by atoms with E-state index in [2.05, 4.69) is 5.32 Å². The van der Waals surface area contributed by atoms with Gasteiger partial charge in [0.2, 0.25) is 11.6 Å². The molecule has 0 bridgehead atoms. The second-order valence-electron chi connectivity index (χ2n) is 4.34. The Balaban J connectivity index is 1.84. The number of carbonyl (C=O) groups excluding carboxylic acids is 2. The van der Waals surface area contributed by atoms with E-state index < -0.39 is 17.7 Å². The fraction of sp³-hybridized carbons (Fsp3) is 0.200. The summed E-state index contributed by atoms with van der Waals surface area (Å²) in [4.78, 5) is 22.2. The molecule has 1 atom stereocenters. The van der Waals surface area contributed by atoms with Gasteiger partial charge in [-0.25, -0.2) is 0 Å². The van der Waals surface area contributed by atoms with Crippen LogP contribution >= 0.6 is 0 Å². The molecule has 0 heterocycles. The number of ketones is 2. The Morgan fingerprint density at radius 3 is 2.47 bits per heavy atom. The number of allylic oxidation sites excluding steroid dienone is 2. The minimum Gasteiger partial charge on any atom is -0.387 e. The van der Waals surface area contributed by atoms with Gasteiger partial charge in [-0.15, -0.1) is 0 Å². The van der Waals surface area contributed by atoms with Gasteiger partial charge >= 0.3 is 0 Å². The van der Waals surface area contributed by atoms with Crippen LogP contribution in [0.15, 0.2) is 54.1 Å². The molecular weight excluding hydrogens is 242 g/mol. The molecule has 0 saturated carbocycles. The summed E-state index contributed by atoms with van der Waals surface area (Å²) in [5.74, 6) is -1.13. The Labute approximate surface area is 111 Å². The zero-order chi connectivity index (χ0) is 13.7. The number of aliphatic hydroxyl groups is 1. The fourth-order valence-corrected chi connectivity index (χ4v) is 1.80. The van der Waals surface area contributed by atoms with Gasteiger partial charge in [-0.05, 0) is 23.3 Å². The lowest BCUT2D eigenvalue weighted by molar-refractivity contribution is -0.131. The minimum atomic E-state index is -0.794. The molecule has 0 aromatic heterocycles. The molecule has 1 aliphatic rings. The van der Waals surface area contributed by atoms with Crippen molar-refractivity contribution in [3.8, 4) is 0 Å². The summed E-state index contributed by atoms with van der Waals surface area (Å²) in [7, 11) is 0. The van der Waals surface area contributed by atoms with Gasteiger partial charge < -0.3 is 10.4 Å². The number of hydrogen-bond donors (Lipinski definition) is 2. The van der Waals surface area contributed by atoms with E-state index in [-0.39, 0.29) is 0 Å². The van der Waals surface area contributed by atoms with E-state index in [1.807, 2.05) is 30.3 Å². The Morgan fingerprint density at radius 1 is 1.05 bits per heavy atom. The lowest BCUT2D eigenvalue weighted by Crippen LogP contribution is -2.29. The van der Waals surface area contributed by atoms with E-state index in [9.17, 15) is 14.7 Å². The number of benzene rings is 1. The molecular formula is C15H15NO3. The quantitative estimate of drug-likeness (QED) is 0.604. The van der Waals surface area contributed by atoms with Gasteiger partial charge in [-0.3, -0.25) is 9.59 Å². The van der Waals surface area contributed by atoms with Crippen LogP contribution < -0.4 is 5.32 Å². The van der Waals surface area contributed by atoms with Crippen molar-refractivity contribution < 1.29 is 14.7 Å². The normalized spacial score (nSPS) is 16.4. The zero-order valence-electron chi connectivity index (χ0n) is 10.4. The first-order valence-electron chi connectivity index (χ1n) is 6.07. The van der Waals surface area contributed by atoms with Crippen LogP contribution in [0.5, 0.6) is 0 Å². The van der Waals surface area contributed by atoms with E-state index >= 15 is 0 Å². The second-order valence-corrected chi connectivity index (χ2v) is 4.34. The molecule has 19 heavy (non-hydrogen) atoms. The minimum absolute atomic E-state index is 0.326. The number of hydrogen-bond acceptors (Lipinski definition) is 4. The van der Waals surface area contributed by atoms with E-state index in [0.717, 1.165) is 5.56 Å². The van der Waals surface area contributed by atoms with E-state index in [0.29, 0.717) is 18.7 Å². The van der Waals surface area contributed by atoms with Gasteiger partial charge in [0.05, 0.1) is 6.10 Å². The predicted octanol–water partition coefficient (Wildman–Crippen LogP) is 0.771. The molecule has 0 spiro atoms. The second kappa shape index (κ2) is 6.22. The summed E-state index contributed by atoms with van der Waals surface area (Å²) in [6.07, 6.45) is 3.07. The molecule has 0 saturated heterocycles. The molecule has 2 N–H and O–H groups in total. The smallest absolute Gasteiger partial charge is 0.226 e. The van der Waals surface area contributed by atoms with Crippen molar-refractivity contribution in [2.75, 3.05) is 6.54 Å². The molecule has 0 radical (unpaired) electrons. The van der Waals surface area contributed by atoms with Crippen molar-refractivity contribution in [3.05, 3.63) is 59.7 Å². The van der Waals surface area contributed by atoms with Gasteiger partial charge in [0.25, 0.3) is 0 Å². The Bertz CT molecular complexity index is 532. The highest BCUT2D eigenvalue weighted by molar-refractivity contribution is 6.46. The van der Waals surface area contributed by atoms with Crippen LogP contribution in [0.3, 0.4) is 0 Å². The molecule has 0 unspecified atom stereocenters. The van der Waals surface area contributed by atoms with Gasteiger partial charge in [0.1, 0.15) is 0 Å². The van der Waals surface area contributed by atoms with Crippen molar-refractivity contribution in [2.24, 2.45) is 0 Å². The maximum atomic E-state index is 11.2. The van der Waals surface area contributed by atoms with Gasteiger partial charge in [-0.1, -0.05) is 36.4 Å². The molecule has 1 aromatic rings. The first-order valence-corrected chi connectivity index (χ1v) is 6.07. The van der Waals surface area contributed by atoms with Crippen LogP contribution in [0.4, 0.5) is 0 Å². The molecule has 0 amide bonds. The first kappa shape index (κ1) is 13.4. The summed E-state index contributed by atoms with van der Waals surface area (Å²) >= 11 is 0. The highest BCUT2D eigenvalue weighted by atomic mass is 16.3. The van der Waals surface area contributed by atoms with Crippen LogP contribution in [0, 0.1) is 0 Å². The SMILES string of the molecule is O=C1C=CC([C@@H](O)CNCc2ccccc2)=CC1=O. The Morgan fingerprint density at radius 2 is 1.79 bits per heavy atom. The van der Waals surface area contributed by atoms with Crippen molar-refractivity contribution in [2.45, 2.75) is 12.6 Å². The van der Waals surface area contributed by atoms with Crippen molar-refractivity contribution >= 4 is 11.6 Å². The van der Waals surface area contributed by atoms with Crippen LogP contribution in [0.25, 0.3) is 0 Å². The third kappa shape index (κ3) is 3.71. The first-order chi connectivity index (χ1) is 9.16. The van der Waals surface area contributed by atoms with Crippen LogP contribution in [-0.4, -0.2) is 29.3 Å². The molecule has 0 fully saturated rings. The van der Waals surface area contributed by atoms with Crippen LogP contribution in [-0.2, 0) is 16.1 Å². The summed E-state index contributed by atoms with van der Waals surface area (Å²) in [5, 5.41) is 13.0. The lowest BCUT2D eigenvalue weighted by Gasteiger charge is -2.14. The number of carbonyl (C=O) groups is 2. The number of nitrogens with one attached hydrogen (secondary N) is 1. The topological polar surface area (TPSA) is 66.4 Å². The summed E-state index contributed by atoms with van der Waals surface area (Å²) in [6, 6.07) is 9.82. The molecule has 0 aliphatic heterocycles. The maximum Gasteiger partial charge on any atom is 0.226 e. The van der Waals surface area contributed by atoms with Gasteiger partial charge in [0, 0.05) is 13.1 Å². The zero-order valence-corrected chi connectivity index (χ0v) is 10.4. The Kier molecular flexibility index (Phi) is 4.39. The number of rotatable bonds is 5. The van der Waals surface area contributed by atoms with Gasteiger partial charge in [0.15, 0.2) is 0 Å². The largest absolute Gasteiger partial charge is 0.387 e. The maximum absolute atomic E-state index is 11.2. The van der Waals surface area contributed by atoms with E-state index in [4.69, 9.17) is 0 Å². The molecule has 1 aliphatic carbocycles. The predicted molar refractivity (Wildman–Crippen MR) is 71.4 cm³/mol. The molecule has 4 heteroatoms. The average molecular weight is 257 g/mol. The monoisotopic (exact) mass is 257 g/mol. The average Bonchev–Trinajstić information content (AvgIpc) is 2.43. The van der Waals surface area contributed by atoms with Crippen LogP contribution in [0.1, 0.15) is 5.56 Å².